The van der Waals surface area contributed by atoms with Gasteiger partial charge in [0.15, 0.2) is 0 Å². The fourth-order valence-electron chi connectivity index (χ4n) is 1.53. The molecule has 0 fully saturated rings. The molecule has 2 aromatic rings. The molecule has 0 bridgehead atoms. The van der Waals surface area contributed by atoms with Gasteiger partial charge in [-0.1, -0.05) is 23.7 Å². The minimum absolute atomic E-state index is 0.207. The number of hydrogen-bond acceptors (Lipinski definition) is 2. The molecular formula is C13H10BrClFNOS. The van der Waals surface area contributed by atoms with Crippen molar-refractivity contribution < 1.29 is 8.60 Å². The fraction of sp³-hybridized carbons (Fsp3) is 0.0769. The summed E-state index contributed by atoms with van der Waals surface area (Å²) in [4.78, 5) is 0.565. The highest BCUT2D eigenvalue weighted by molar-refractivity contribution is 9.10. The van der Waals surface area contributed by atoms with Gasteiger partial charge in [0, 0.05) is 4.90 Å². The van der Waals surface area contributed by atoms with E-state index in [0.717, 1.165) is 0 Å². The number of benzene rings is 2. The Kier molecular flexibility index (Phi) is 4.60. The summed E-state index contributed by atoms with van der Waals surface area (Å²) in [6, 6.07) is 9.49. The van der Waals surface area contributed by atoms with Crippen LogP contribution in [0.1, 0.15) is 5.56 Å². The topological polar surface area (TPSA) is 43.1 Å². The lowest BCUT2D eigenvalue weighted by Crippen LogP contribution is -1.99. The van der Waals surface area contributed by atoms with Crippen molar-refractivity contribution in [3.05, 3.63) is 57.3 Å². The lowest BCUT2D eigenvalue weighted by molar-refractivity contribution is 0.619. The first-order valence-corrected chi connectivity index (χ1v) is 7.84. The molecule has 0 heterocycles. The van der Waals surface area contributed by atoms with E-state index in [1.165, 1.54) is 6.07 Å². The number of nitrogen functional groups attached to an aromatic ring is 1. The number of anilines is 1. The monoisotopic (exact) mass is 361 g/mol. The summed E-state index contributed by atoms with van der Waals surface area (Å²) >= 11 is 9.04. The first kappa shape index (κ1) is 14.5. The molecule has 0 amide bonds. The van der Waals surface area contributed by atoms with Crippen LogP contribution in [0, 0.1) is 5.82 Å². The predicted octanol–water partition coefficient (Wildman–Crippen LogP) is 4.13. The molecule has 2 nitrogen and oxygen atoms in total. The van der Waals surface area contributed by atoms with Gasteiger partial charge >= 0.3 is 0 Å². The molecule has 2 rings (SSSR count). The first-order chi connectivity index (χ1) is 8.99. The Morgan fingerprint density at radius 2 is 2.05 bits per heavy atom. The lowest BCUT2D eigenvalue weighted by atomic mass is 10.2. The smallest absolute Gasteiger partial charge is 0.137 e. The third kappa shape index (κ3) is 3.35. The summed E-state index contributed by atoms with van der Waals surface area (Å²) in [7, 11) is -1.31. The second-order valence-corrected chi connectivity index (χ2v) is 6.54. The van der Waals surface area contributed by atoms with Gasteiger partial charge in [0.25, 0.3) is 0 Å². The van der Waals surface area contributed by atoms with Gasteiger partial charge in [-0.2, -0.15) is 0 Å². The molecule has 0 radical (unpaired) electrons. The molecule has 0 spiro atoms. The average molecular weight is 363 g/mol. The molecule has 1 unspecified atom stereocenters. The van der Waals surface area contributed by atoms with Crippen LogP contribution in [-0.2, 0) is 16.6 Å². The highest BCUT2D eigenvalue weighted by Gasteiger charge is 2.11. The molecule has 1 atom stereocenters. The molecule has 100 valence electrons. The first-order valence-electron chi connectivity index (χ1n) is 5.35. The van der Waals surface area contributed by atoms with Crippen LogP contribution in [0.4, 0.5) is 10.1 Å². The zero-order valence-electron chi connectivity index (χ0n) is 9.70. The molecular weight excluding hydrogens is 353 g/mol. The summed E-state index contributed by atoms with van der Waals surface area (Å²) in [5, 5.41) is 0.365. The summed E-state index contributed by atoms with van der Waals surface area (Å²) in [6.45, 7) is 0. The molecule has 19 heavy (non-hydrogen) atoms. The second kappa shape index (κ2) is 6.03. The second-order valence-electron chi connectivity index (χ2n) is 3.89. The SMILES string of the molecule is Nc1ccc(S(=O)Cc2cccc(F)c2Br)cc1Cl. The molecule has 0 aliphatic heterocycles. The number of hydrogen-bond donors (Lipinski definition) is 1. The van der Waals surface area contributed by atoms with Gasteiger partial charge in [-0.05, 0) is 45.8 Å². The molecule has 0 saturated heterocycles. The molecule has 2 aromatic carbocycles. The normalized spacial score (nSPS) is 12.4. The van der Waals surface area contributed by atoms with E-state index >= 15 is 0 Å². The zero-order valence-corrected chi connectivity index (χ0v) is 12.9. The molecule has 0 aliphatic rings. The van der Waals surface area contributed by atoms with Crippen LogP contribution in [-0.4, -0.2) is 4.21 Å². The van der Waals surface area contributed by atoms with E-state index in [9.17, 15) is 8.60 Å². The lowest BCUT2D eigenvalue weighted by Gasteiger charge is -2.07. The van der Waals surface area contributed by atoms with Crippen molar-refractivity contribution in [1.82, 2.24) is 0 Å². The molecule has 2 N–H and O–H groups in total. The van der Waals surface area contributed by atoms with E-state index in [2.05, 4.69) is 15.9 Å². The van der Waals surface area contributed by atoms with Crippen molar-refractivity contribution in [2.24, 2.45) is 0 Å². The highest BCUT2D eigenvalue weighted by atomic mass is 79.9. The quantitative estimate of drug-likeness (QED) is 0.834. The van der Waals surface area contributed by atoms with Gasteiger partial charge < -0.3 is 5.73 Å². The Morgan fingerprint density at radius 1 is 1.32 bits per heavy atom. The summed E-state index contributed by atoms with van der Waals surface area (Å²) in [5.41, 5.74) is 6.68. The minimum atomic E-state index is -1.31. The van der Waals surface area contributed by atoms with Crippen molar-refractivity contribution in [3.63, 3.8) is 0 Å². The van der Waals surface area contributed by atoms with E-state index in [-0.39, 0.29) is 11.6 Å². The summed E-state index contributed by atoms with van der Waals surface area (Å²) in [5.74, 6) is -0.164. The number of nitrogens with two attached hydrogens (primary N) is 1. The van der Waals surface area contributed by atoms with Crippen molar-refractivity contribution in [2.45, 2.75) is 10.6 Å². The number of rotatable bonds is 3. The third-order valence-electron chi connectivity index (χ3n) is 2.55. The Bertz CT molecular complexity index is 651. The zero-order chi connectivity index (χ0) is 14.0. The van der Waals surface area contributed by atoms with Crippen LogP contribution < -0.4 is 5.73 Å². The maximum absolute atomic E-state index is 13.4. The highest BCUT2D eigenvalue weighted by Crippen LogP contribution is 2.26. The van der Waals surface area contributed by atoms with E-state index in [0.29, 0.717) is 25.6 Å². The van der Waals surface area contributed by atoms with Gasteiger partial charge in [-0.25, -0.2) is 4.39 Å². The van der Waals surface area contributed by atoms with Crippen molar-refractivity contribution in [1.29, 1.82) is 0 Å². The predicted molar refractivity (Wildman–Crippen MR) is 80.1 cm³/mol. The summed E-state index contributed by atoms with van der Waals surface area (Å²) in [6.07, 6.45) is 0. The van der Waals surface area contributed by atoms with Crippen molar-refractivity contribution in [2.75, 3.05) is 5.73 Å². The van der Waals surface area contributed by atoms with Gasteiger partial charge in [-0.15, -0.1) is 0 Å². The largest absolute Gasteiger partial charge is 0.398 e. The average Bonchev–Trinajstić information content (AvgIpc) is 2.38. The maximum atomic E-state index is 13.4. The molecule has 0 saturated carbocycles. The van der Waals surface area contributed by atoms with Gasteiger partial charge in [0.05, 0.1) is 31.7 Å². The van der Waals surface area contributed by atoms with Gasteiger partial charge in [0.1, 0.15) is 5.82 Å². The third-order valence-corrected chi connectivity index (χ3v) is 5.12. The van der Waals surface area contributed by atoms with Crippen LogP contribution in [0.25, 0.3) is 0 Å². The fourth-order valence-corrected chi connectivity index (χ4v) is 3.53. The van der Waals surface area contributed by atoms with Crippen LogP contribution in [0.15, 0.2) is 45.8 Å². The Hall–Kier alpha value is -0.910. The molecule has 6 heteroatoms. The van der Waals surface area contributed by atoms with E-state index in [1.807, 2.05) is 0 Å². The molecule has 0 aliphatic carbocycles. The standard InChI is InChI=1S/C13H10BrClFNOS/c14-13-8(2-1-3-11(13)16)7-19(18)9-4-5-12(17)10(15)6-9/h1-6H,7,17H2. The van der Waals surface area contributed by atoms with Gasteiger partial charge in [-0.3, -0.25) is 4.21 Å². The van der Waals surface area contributed by atoms with E-state index < -0.39 is 10.8 Å². The number of halogens is 3. The van der Waals surface area contributed by atoms with Crippen LogP contribution >= 0.6 is 27.5 Å². The van der Waals surface area contributed by atoms with Crippen LogP contribution in [0.3, 0.4) is 0 Å². The Morgan fingerprint density at radius 3 is 2.74 bits per heavy atom. The van der Waals surface area contributed by atoms with E-state index in [4.69, 9.17) is 17.3 Å². The molecule has 0 aromatic heterocycles. The Labute approximate surface area is 126 Å². The maximum Gasteiger partial charge on any atom is 0.137 e. The van der Waals surface area contributed by atoms with Gasteiger partial charge in [0.2, 0.25) is 0 Å². The van der Waals surface area contributed by atoms with Crippen LogP contribution in [0.5, 0.6) is 0 Å². The summed E-state index contributed by atoms with van der Waals surface area (Å²) < 4.78 is 25.9. The Balaban J connectivity index is 2.26. The van der Waals surface area contributed by atoms with Crippen molar-refractivity contribution >= 4 is 44.0 Å². The van der Waals surface area contributed by atoms with Crippen molar-refractivity contribution in [3.8, 4) is 0 Å². The van der Waals surface area contributed by atoms with E-state index in [1.54, 1.807) is 30.3 Å². The minimum Gasteiger partial charge on any atom is -0.398 e. The van der Waals surface area contributed by atoms with Crippen LogP contribution in [0.2, 0.25) is 5.02 Å².